The minimum Gasteiger partial charge on any atom is -0.457 e. The standard InChI is InChI=1S/C36H40FN9O3/c1-36(2,45-16-14-43(15-17-45)25-21-48-22-25)19-30(39-3)35(47)44-13-7-8-24(20-44)46-34-31(33(38)40-23-41-34)32(42-46)28-12-11-27(18-29(28)37)49-26-9-5-4-6-10-26/h4-6,9-12,18-19,23-25H,7-8,13-17,20-22H2,1-2H3,(H2,38,40,41)/t24-/m1/s1. The second-order valence-corrected chi connectivity index (χ2v) is 13.4. The van der Waals surface area contributed by atoms with Crippen LogP contribution in [0.4, 0.5) is 10.2 Å². The van der Waals surface area contributed by atoms with Crippen molar-refractivity contribution in [3.05, 3.63) is 83.9 Å². The van der Waals surface area contributed by atoms with Gasteiger partial charge in [0.05, 0.1) is 37.3 Å². The van der Waals surface area contributed by atoms with Crippen LogP contribution in [-0.4, -0.2) is 104 Å². The number of piperazine rings is 1. The molecule has 0 saturated carbocycles. The van der Waals surface area contributed by atoms with Gasteiger partial charge in [-0.25, -0.2) is 23.9 Å². The van der Waals surface area contributed by atoms with E-state index >= 15 is 4.39 Å². The van der Waals surface area contributed by atoms with E-state index in [0.29, 0.717) is 53.8 Å². The SMILES string of the molecule is [C-]#[N+]C(=CC(C)(C)N1CCN(C2COC2)CC1)C(=O)N1CCC[C@@H](n2nc(-c3ccc(Oc4ccccc4)cc3F)c3c(N)ncnc32)C1. The average Bonchev–Trinajstić information content (AvgIpc) is 3.48. The van der Waals surface area contributed by atoms with E-state index in [1.54, 1.807) is 33.8 Å². The minimum absolute atomic E-state index is 0.109. The third kappa shape index (κ3) is 6.59. The number of nitrogens with zero attached hydrogens (tertiary/aromatic N) is 8. The molecule has 1 amide bonds. The Labute approximate surface area is 284 Å². The highest BCUT2D eigenvalue weighted by Crippen LogP contribution is 2.37. The Kier molecular flexibility index (Phi) is 9.02. The van der Waals surface area contributed by atoms with Crippen molar-refractivity contribution >= 4 is 22.8 Å². The number of hydrogen-bond donors (Lipinski definition) is 1. The summed E-state index contributed by atoms with van der Waals surface area (Å²) in [5.74, 6) is 0.290. The number of para-hydroxylation sites is 1. The highest BCUT2D eigenvalue weighted by atomic mass is 19.1. The highest BCUT2D eigenvalue weighted by Gasteiger charge is 2.35. The van der Waals surface area contributed by atoms with Crippen LogP contribution in [-0.2, 0) is 9.53 Å². The molecule has 0 bridgehead atoms. The van der Waals surface area contributed by atoms with Crippen LogP contribution in [0.1, 0.15) is 32.7 Å². The number of halogens is 1. The molecule has 1 atom stereocenters. The smallest absolute Gasteiger partial charge is 0.252 e. The maximum atomic E-state index is 15.7. The predicted molar refractivity (Wildman–Crippen MR) is 183 cm³/mol. The minimum atomic E-state index is -0.531. The summed E-state index contributed by atoms with van der Waals surface area (Å²) in [5.41, 5.74) is 6.98. The molecule has 3 aliphatic heterocycles. The molecule has 0 aliphatic carbocycles. The van der Waals surface area contributed by atoms with Crippen LogP contribution < -0.4 is 10.5 Å². The van der Waals surface area contributed by atoms with Crippen LogP contribution in [0.25, 0.3) is 27.1 Å². The zero-order valence-corrected chi connectivity index (χ0v) is 27.8. The lowest BCUT2D eigenvalue weighted by Gasteiger charge is -2.47. The Balaban J connectivity index is 1.11. The molecule has 2 aromatic heterocycles. The molecule has 0 radical (unpaired) electrons. The molecule has 13 heteroatoms. The summed E-state index contributed by atoms with van der Waals surface area (Å²) in [5, 5.41) is 5.29. The fraction of sp³-hybridized carbons (Fsp3) is 0.417. The van der Waals surface area contributed by atoms with Gasteiger partial charge in [-0.3, -0.25) is 14.6 Å². The van der Waals surface area contributed by atoms with Crippen LogP contribution in [0.5, 0.6) is 11.5 Å². The quantitative estimate of drug-likeness (QED) is 0.210. The molecule has 254 valence electrons. The summed E-state index contributed by atoms with van der Waals surface area (Å²) in [6.45, 7) is 18.1. The summed E-state index contributed by atoms with van der Waals surface area (Å²) >= 11 is 0. The van der Waals surface area contributed by atoms with Crippen molar-refractivity contribution in [1.29, 1.82) is 0 Å². The fourth-order valence-electron chi connectivity index (χ4n) is 6.98. The van der Waals surface area contributed by atoms with Gasteiger partial charge >= 0.3 is 0 Å². The Morgan fingerprint density at radius 3 is 2.53 bits per heavy atom. The fourth-order valence-corrected chi connectivity index (χ4v) is 6.98. The Morgan fingerprint density at radius 2 is 1.84 bits per heavy atom. The molecular formula is C36H40FN9O3. The van der Waals surface area contributed by atoms with Gasteiger partial charge in [0.1, 0.15) is 35.2 Å². The molecule has 0 spiro atoms. The normalized spacial score (nSPS) is 19.8. The molecule has 2 N–H and O–H groups in total. The van der Waals surface area contributed by atoms with Gasteiger partial charge in [0.15, 0.2) is 5.65 Å². The van der Waals surface area contributed by atoms with Gasteiger partial charge < -0.3 is 20.1 Å². The van der Waals surface area contributed by atoms with Crippen molar-refractivity contribution in [1.82, 2.24) is 34.4 Å². The van der Waals surface area contributed by atoms with E-state index in [2.05, 4.69) is 38.5 Å². The lowest BCUT2D eigenvalue weighted by atomic mass is 9.98. The van der Waals surface area contributed by atoms with Crippen molar-refractivity contribution < 1.29 is 18.7 Å². The Bertz CT molecular complexity index is 1910. The van der Waals surface area contributed by atoms with Gasteiger partial charge in [-0.2, -0.15) is 5.10 Å². The third-order valence-corrected chi connectivity index (χ3v) is 9.82. The number of amides is 1. The van der Waals surface area contributed by atoms with E-state index in [1.807, 2.05) is 24.3 Å². The number of ether oxygens (including phenoxy) is 2. The first-order chi connectivity index (χ1) is 23.7. The second kappa shape index (κ2) is 13.5. The third-order valence-electron chi connectivity index (χ3n) is 9.82. The van der Waals surface area contributed by atoms with E-state index in [-0.39, 0.29) is 29.0 Å². The van der Waals surface area contributed by atoms with Gasteiger partial charge in [0.2, 0.25) is 5.70 Å². The number of likely N-dealkylation sites (tertiary alicyclic amines) is 1. The van der Waals surface area contributed by atoms with Gasteiger partial charge in [0.25, 0.3) is 5.91 Å². The molecule has 2 aromatic carbocycles. The van der Waals surface area contributed by atoms with Crippen molar-refractivity contribution in [3.63, 3.8) is 0 Å². The molecule has 12 nitrogen and oxygen atoms in total. The predicted octanol–water partition coefficient (Wildman–Crippen LogP) is 4.77. The zero-order chi connectivity index (χ0) is 34.1. The summed E-state index contributed by atoms with van der Waals surface area (Å²) in [7, 11) is 0. The van der Waals surface area contributed by atoms with Crippen molar-refractivity contribution in [2.24, 2.45) is 0 Å². The number of anilines is 1. The second-order valence-electron chi connectivity index (χ2n) is 13.4. The van der Waals surface area contributed by atoms with Crippen LogP contribution in [0.2, 0.25) is 0 Å². The molecule has 4 aromatic rings. The topological polar surface area (TPSA) is 119 Å². The number of carbonyl (C=O) groups is 1. The molecule has 3 saturated heterocycles. The Hall–Kier alpha value is -4.90. The maximum absolute atomic E-state index is 15.7. The first kappa shape index (κ1) is 32.6. The van der Waals surface area contributed by atoms with Crippen LogP contribution in [0.15, 0.2) is 66.6 Å². The van der Waals surface area contributed by atoms with Gasteiger partial charge in [-0.1, -0.05) is 24.3 Å². The summed E-state index contributed by atoms with van der Waals surface area (Å²) in [6, 6.07) is 14.0. The number of hydrogen-bond acceptors (Lipinski definition) is 9. The van der Waals surface area contributed by atoms with Gasteiger partial charge in [-0.15, -0.1) is 0 Å². The molecule has 5 heterocycles. The van der Waals surface area contributed by atoms with Crippen molar-refractivity contribution in [2.45, 2.75) is 44.3 Å². The molecule has 3 aliphatic rings. The Morgan fingerprint density at radius 1 is 1.06 bits per heavy atom. The number of aromatic nitrogens is 4. The highest BCUT2D eigenvalue weighted by molar-refractivity contribution is 5.98. The van der Waals surface area contributed by atoms with Crippen LogP contribution in [0.3, 0.4) is 0 Å². The number of piperidine rings is 1. The first-order valence-electron chi connectivity index (χ1n) is 16.7. The molecule has 3 fully saturated rings. The number of benzene rings is 2. The van der Waals surface area contributed by atoms with Crippen molar-refractivity contribution in [2.75, 3.05) is 58.2 Å². The van der Waals surface area contributed by atoms with Crippen LogP contribution >= 0.6 is 0 Å². The summed E-state index contributed by atoms with van der Waals surface area (Å²) < 4.78 is 28.6. The molecular weight excluding hydrogens is 625 g/mol. The largest absolute Gasteiger partial charge is 0.457 e. The number of nitrogens with two attached hydrogens (primary N) is 1. The van der Waals surface area contributed by atoms with Crippen molar-refractivity contribution in [3.8, 4) is 22.8 Å². The number of fused-ring (bicyclic) bond motifs is 1. The number of rotatable bonds is 8. The molecule has 0 unspecified atom stereocenters. The monoisotopic (exact) mass is 665 g/mol. The van der Waals surface area contributed by atoms with E-state index < -0.39 is 11.4 Å². The van der Waals surface area contributed by atoms with E-state index in [9.17, 15) is 4.79 Å². The maximum Gasteiger partial charge on any atom is 0.252 e. The zero-order valence-electron chi connectivity index (χ0n) is 27.8. The molecule has 49 heavy (non-hydrogen) atoms. The number of nitrogen functional groups attached to an aromatic ring is 1. The van der Waals surface area contributed by atoms with Gasteiger partial charge in [-0.05, 0) is 51.0 Å². The lowest BCUT2D eigenvalue weighted by Crippen LogP contribution is -2.59. The van der Waals surface area contributed by atoms with Crippen LogP contribution in [0, 0.1) is 12.4 Å². The lowest BCUT2D eigenvalue weighted by molar-refractivity contribution is -0.128. The van der Waals surface area contributed by atoms with Gasteiger partial charge in [0, 0.05) is 56.4 Å². The van der Waals surface area contributed by atoms with E-state index in [1.165, 1.54) is 12.4 Å². The van der Waals surface area contributed by atoms with E-state index in [0.717, 1.165) is 45.8 Å². The average molecular weight is 666 g/mol. The molecule has 7 rings (SSSR count). The number of carbonyl (C=O) groups excluding carboxylic acids is 1. The summed E-state index contributed by atoms with van der Waals surface area (Å²) in [4.78, 5) is 32.8. The van der Waals surface area contributed by atoms with E-state index in [4.69, 9.17) is 26.9 Å². The summed E-state index contributed by atoms with van der Waals surface area (Å²) in [6.07, 6.45) is 4.60. The first-order valence-corrected chi connectivity index (χ1v) is 16.7.